The number of nitro groups is 1. The van der Waals surface area contributed by atoms with Crippen molar-refractivity contribution in [3.05, 3.63) is 39.9 Å². The van der Waals surface area contributed by atoms with E-state index in [4.69, 9.17) is 0 Å². The van der Waals surface area contributed by atoms with Crippen LogP contribution in [-0.2, 0) is 16.0 Å². The van der Waals surface area contributed by atoms with Crippen LogP contribution >= 0.6 is 0 Å². The van der Waals surface area contributed by atoms with Crippen LogP contribution in [0.3, 0.4) is 0 Å². The van der Waals surface area contributed by atoms with Crippen molar-refractivity contribution < 1.29 is 14.5 Å². The molecule has 134 valence electrons. The van der Waals surface area contributed by atoms with E-state index in [0.29, 0.717) is 26.2 Å². The normalized spacial score (nSPS) is 21.3. The van der Waals surface area contributed by atoms with Crippen molar-refractivity contribution in [3.63, 3.8) is 0 Å². The summed E-state index contributed by atoms with van der Waals surface area (Å²) in [5, 5.41) is 13.8. The van der Waals surface area contributed by atoms with Gasteiger partial charge in [0.25, 0.3) is 5.69 Å². The lowest BCUT2D eigenvalue weighted by Crippen LogP contribution is -2.57. The number of nitro benzene ring substituents is 1. The second-order valence-corrected chi connectivity index (χ2v) is 6.50. The molecule has 2 saturated heterocycles. The fraction of sp³-hybridized carbons (Fsp3) is 0.529. The number of nitrogens with zero attached hydrogens (tertiary/aromatic N) is 3. The number of nitrogens with one attached hydrogen (secondary N) is 1. The molecule has 2 aliphatic rings. The molecule has 1 aromatic rings. The SMILES string of the molecule is O=C(Cc1ccc([N+](=O)[O-])cc1)N1CCCC(N2CCNCC2=O)C1. The van der Waals surface area contributed by atoms with E-state index in [0.717, 1.165) is 24.9 Å². The Labute approximate surface area is 145 Å². The van der Waals surface area contributed by atoms with Gasteiger partial charge in [-0.05, 0) is 18.4 Å². The predicted octanol–water partition coefficient (Wildman–Crippen LogP) is 0.560. The molecule has 1 unspecified atom stereocenters. The van der Waals surface area contributed by atoms with Crippen LogP contribution in [0.15, 0.2) is 24.3 Å². The summed E-state index contributed by atoms with van der Waals surface area (Å²) in [6.07, 6.45) is 2.03. The van der Waals surface area contributed by atoms with Gasteiger partial charge in [0.15, 0.2) is 0 Å². The lowest BCUT2D eigenvalue weighted by atomic mass is 10.0. The number of rotatable bonds is 4. The highest BCUT2D eigenvalue weighted by Gasteiger charge is 2.31. The molecule has 0 saturated carbocycles. The molecule has 8 nitrogen and oxygen atoms in total. The molecule has 1 atom stereocenters. The summed E-state index contributed by atoms with van der Waals surface area (Å²) in [6.45, 7) is 3.11. The first-order valence-corrected chi connectivity index (χ1v) is 8.56. The van der Waals surface area contributed by atoms with Gasteiger partial charge in [-0.2, -0.15) is 0 Å². The third kappa shape index (κ3) is 4.14. The maximum Gasteiger partial charge on any atom is 0.269 e. The lowest BCUT2D eigenvalue weighted by molar-refractivity contribution is -0.384. The van der Waals surface area contributed by atoms with E-state index < -0.39 is 4.92 Å². The first kappa shape index (κ1) is 17.3. The van der Waals surface area contributed by atoms with Gasteiger partial charge in [0, 0.05) is 44.4 Å². The third-order valence-corrected chi connectivity index (χ3v) is 4.82. The standard InChI is InChI=1S/C17H22N4O4/c22-16(10-13-3-5-14(6-4-13)21(24)25)19-8-1-2-15(12-19)20-9-7-18-11-17(20)23/h3-6,15,18H,1-2,7-12H2. The highest BCUT2D eigenvalue weighted by Crippen LogP contribution is 2.19. The van der Waals surface area contributed by atoms with E-state index in [1.54, 1.807) is 12.1 Å². The molecule has 2 heterocycles. The molecule has 2 amide bonds. The number of hydrogen-bond donors (Lipinski definition) is 1. The Bertz CT molecular complexity index is 661. The van der Waals surface area contributed by atoms with Crippen LogP contribution in [0.2, 0.25) is 0 Å². The molecule has 0 aromatic heterocycles. The Morgan fingerprint density at radius 2 is 2.04 bits per heavy atom. The lowest BCUT2D eigenvalue weighted by Gasteiger charge is -2.41. The molecule has 25 heavy (non-hydrogen) atoms. The molecule has 0 bridgehead atoms. The van der Waals surface area contributed by atoms with Gasteiger partial charge in [-0.1, -0.05) is 12.1 Å². The highest BCUT2D eigenvalue weighted by molar-refractivity contribution is 5.80. The Morgan fingerprint density at radius 3 is 2.72 bits per heavy atom. The van der Waals surface area contributed by atoms with Crippen LogP contribution in [0.1, 0.15) is 18.4 Å². The Kier molecular flexibility index (Phi) is 5.28. The second-order valence-electron chi connectivity index (χ2n) is 6.50. The van der Waals surface area contributed by atoms with Crippen molar-refractivity contribution in [2.45, 2.75) is 25.3 Å². The zero-order valence-corrected chi connectivity index (χ0v) is 14.0. The van der Waals surface area contributed by atoms with Crippen LogP contribution in [0.5, 0.6) is 0 Å². The highest BCUT2D eigenvalue weighted by atomic mass is 16.6. The van der Waals surface area contributed by atoms with Crippen molar-refractivity contribution in [2.24, 2.45) is 0 Å². The smallest absolute Gasteiger partial charge is 0.269 e. The zero-order valence-electron chi connectivity index (χ0n) is 14.0. The number of carbonyl (C=O) groups excluding carboxylic acids is 2. The minimum atomic E-state index is -0.453. The number of piperidine rings is 1. The predicted molar refractivity (Wildman–Crippen MR) is 91.0 cm³/mol. The van der Waals surface area contributed by atoms with Crippen LogP contribution in [0, 0.1) is 10.1 Å². The van der Waals surface area contributed by atoms with Gasteiger partial charge in [-0.25, -0.2) is 0 Å². The van der Waals surface area contributed by atoms with Crippen LogP contribution < -0.4 is 5.32 Å². The van der Waals surface area contributed by atoms with E-state index in [-0.39, 0.29) is 30.0 Å². The molecular formula is C17H22N4O4. The number of amides is 2. The molecule has 2 fully saturated rings. The van der Waals surface area contributed by atoms with Crippen molar-refractivity contribution in [1.82, 2.24) is 15.1 Å². The van der Waals surface area contributed by atoms with E-state index in [1.165, 1.54) is 12.1 Å². The van der Waals surface area contributed by atoms with Gasteiger partial charge in [0.1, 0.15) is 0 Å². The van der Waals surface area contributed by atoms with Crippen LogP contribution in [-0.4, -0.2) is 65.3 Å². The third-order valence-electron chi connectivity index (χ3n) is 4.82. The van der Waals surface area contributed by atoms with E-state index in [2.05, 4.69) is 5.32 Å². The fourth-order valence-electron chi connectivity index (χ4n) is 3.46. The molecule has 2 aliphatic heterocycles. The maximum atomic E-state index is 12.6. The maximum absolute atomic E-state index is 12.6. The molecule has 1 aromatic carbocycles. The Balaban J connectivity index is 1.59. The molecule has 0 spiro atoms. The summed E-state index contributed by atoms with van der Waals surface area (Å²) in [7, 11) is 0. The summed E-state index contributed by atoms with van der Waals surface area (Å²) in [5.41, 5.74) is 0.780. The van der Waals surface area contributed by atoms with Crippen molar-refractivity contribution in [1.29, 1.82) is 0 Å². The van der Waals surface area contributed by atoms with E-state index in [9.17, 15) is 19.7 Å². The second kappa shape index (κ2) is 7.60. The number of benzene rings is 1. The Hall–Kier alpha value is -2.48. The molecular weight excluding hydrogens is 324 g/mol. The Morgan fingerprint density at radius 1 is 1.28 bits per heavy atom. The zero-order chi connectivity index (χ0) is 17.8. The summed E-state index contributed by atoms with van der Waals surface area (Å²) in [6, 6.07) is 6.17. The molecule has 1 N–H and O–H groups in total. The summed E-state index contributed by atoms with van der Waals surface area (Å²) >= 11 is 0. The summed E-state index contributed by atoms with van der Waals surface area (Å²) in [5.74, 6) is 0.0991. The van der Waals surface area contributed by atoms with Crippen LogP contribution in [0.4, 0.5) is 5.69 Å². The summed E-state index contributed by atoms with van der Waals surface area (Å²) < 4.78 is 0. The largest absolute Gasteiger partial charge is 0.340 e. The van der Waals surface area contributed by atoms with Gasteiger partial charge in [-0.3, -0.25) is 19.7 Å². The van der Waals surface area contributed by atoms with E-state index in [1.807, 2.05) is 9.80 Å². The number of carbonyl (C=O) groups is 2. The van der Waals surface area contributed by atoms with Crippen molar-refractivity contribution >= 4 is 17.5 Å². The molecule has 0 aliphatic carbocycles. The average molecular weight is 346 g/mol. The quantitative estimate of drug-likeness (QED) is 0.635. The number of likely N-dealkylation sites (tertiary alicyclic amines) is 1. The topological polar surface area (TPSA) is 95.8 Å². The fourth-order valence-corrected chi connectivity index (χ4v) is 3.46. The average Bonchev–Trinajstić information content (AvgIpc) is 2.62. The monoisotopic (exact) mass is 346 g/mol. The number of hydrogen-bond acceptors (Lipinski definition) is 5. The van der Waals surface area contributed by atoms with Crippen molar-refractivity contribution in [2.75, 3.05) is 32.7 Å². The van der Waals surface area contributed by atoms with Crippen molar-refractivity contribution in [3.8, 4) is 0 Å². The number of piperazine rings is 1. The first-order valence-electron chi connectivity index (χ1n) is 8.56. The minimum Gasteiger partial charge on any atom is -0.340 e. The van der Waals surface area contributed by atoms with Gasteiger partial charge >= 0.3 is 0 Å². The number of non-ortho nitro benzene ring substituents is 1. The molecule has 3 rings (SSSR count). The van der Waals surface area contributed by atoms with Gasteiger partial charge in [0.05, 0.1) is 17.9 Å². The minimum absolute atomic E-state index is 0.00105. The van der Waals surface area contributed by atoms with Gasteiger partial charge < -0.3 is 15.1 Å². The summed E-state index contributed by atoms with van der Waals surface area (Å²) in [4.78, 5) is 38.6. The van der Waals surface area contributed by atoms with Gasteiger partial charge in [0.2, 0.25) is 11.8 Å². The van der Waals surface area contributed by atoms with E-state index >= 15 is 0 Å². The first-order chi connectivity index (χ1) is 12.0. The van der Waals surface area contributed by atoms with Gasteiger partial charge in [-0.15, -0.1) is 0 Å². The molecule has 8 heteroatoms. The van der Waals surface area contributed by atoms with Crippen LogP contribution in [0.25, 0.3) is 0 Å². The molecule has 0 radical (unpaired) electrons.